The molecule has 1 fully saturated rings. The van der Waals surface area contributed by atoms with Crippen LogP contribution < -0.4 is 4.74 Å². The Morgan fingerprint density at radius 3 is 2.52 bits per heavy atom. The van der Waals surface area contributed by atoms with Crippen LogP contribution in [-0.2, 0) is 0 Å². The molecule has 0 spiro atoms. The number of carbonyl (C=O) groups excluding carboxylic acids is 1. The molecule has 0 unspecified atom stereocenters. The van der Waals surface area contributed by atoms with Gasteiger partial charge in [0.15, 0.2) is 5.78 Å². The van der Waals surface area contributed by atoms with Gasteiger partial charge < -0.3 is 9.64 Å². The summed E-state index contributed by atoms with van der Waals surface area (Å²) in [6.45, 7) is 9.87. The van der Waals surface area contributed by atoms with Crippen LogP contribution in [0.15, 0.2) is 12.1 Å². The van der Waals surface area contributed by atoms with Crippen LogP contribution in [0.3, 0.4) is 0 Å². The summed E-state index contributed by atoms with van der Waals surface area (Å²) >= 11 is 0. The van der Waals surface area contributed by atoms with Crippen molar-refractivity contribution in [1.82, 2.24) is 4.90 Å². The summed E-state index contributed by atoms with van der Waals surface area (Å²) in [5.74, 6) is 1.15. The van der Waals surface area contributed by atoms with Crippen LogP contribution in [0.2, 0.25) is 0 Å². The largest absolute Gasteiger partial charge is 0.494 e. The van der Waals surface area contributed by atoms with E-state index in [2.05, 4.69) is 4.90 Å². The van der Waals surface area contributed by atoms with Gasteiger partial charge in [-0.15, -0.1) is 0 Å². The highest BCUT2D eigenvalue weighted by atomic mass is 16.5. The van der Waals surface area contributed by atoms with Gasteiger partial charge in [-0.25, -0.2) is 0 Å². The zero-order valence-electron chi connectivity index (χ0n) is 13.6. The van der Waals surface area contributed by atoms with E-state index in [1.54, 1.807) is 0 Å². The molecule has 3 nitrogen and oxygen atoms in total. The lowest BCUT2D eigenvalue weighted by molar-refractivity contribution is 0.0958. The highest BCUT2D eigenvalue weighted by Gasteiger charge is 2.16. The van der Waals surface area contributed by atoms with Crippen molar-refractivity contribution in [3.05, 3.63) is 28.8 Å². The summed E-state index contributed by atoms with van der Waals surface area (Å²) < 4.78 is 5.59. The van der Waals surface area contributed by atoms with Crippen LogP contribution in [0.25, 0.3) is 0 Å². The average Bonchev–Trinajstić information content (AvgIpc) is 2.51. The van der Waals surface area contributed by atoms with Crippen LogP contribution in [-0.4, -0.2) is 36.9 Å². The predicted octanol–water partition coefficient (Wildman–Crippen LogP) is 3.76. The highest BCUT2D eigenvalue weighted by Crippen LogP contribution is 2.25. The van der Waals surface area contributed by atoms with E-state index in [0.717, 1.165) is 42.1 Å². The molecular formula is C18H27NO2. The quantitative estimate of drug-likeness (QED) is 0.747. The standard InChI is InChI=1S/C18H27NO2/c1-4-21-18-9-8-16(14(2)15(18)3)17(20)10-13-19-11-6-5-7-12-19/h8-9H,4-7,10-13H2,1-3H3. The van der Waals surface area contributed by atoms with Crippen molar-refractivity contribution in [3.63, 3.8) is 0 Å². The summed E-state index contributed by atoms with van der Waals surface area (Å²) in [5, 5.41) is 0. The Hall–Kier alpha value is -1.35. The maximum Gasteiger partial charge on any atom is 0.164 e. The molecule has 0 saturated carbocycles. The van der Waals surface area contributed by atoms with Crippen molar-refractivity contribution in [3.8, 4) is 5.75 Å². The van der Waals surface area contributed by atoms with Crippen LogP contribution in [0.5, 0.6) is 5.75 Å². The van der Waals surface area contributed by atoms with Gasteiger partial charge >= 0.3 is 0 Å². The summed E-state index contributed by atoms with van der Waals surface area (Å²) in [6.07, 6.45) is 4.50. The Kier molecular flexibility index (Phi) is 5.80. The molecule has 1 aromatic rings. The first-order valence-electron chi connectivity index (χ1n) is 8.12. The van der Waals surface area contributed by atoms with Crippen LogP contribution in [0.4, 0.5) is 0 Å². The molecule has 0 amide bonds. The molecule has 0 N–H and O–H groups in total. The van der Waals surface area contributed by atoms with E-state index in [1.807, 2.05) is 32.9 Å². The van der Waals surface area contributed by atoms with Crippen molar-refractivity contribution in [1.29, 1.82) is 0 Å². The average molecular weight is 289 g/mol. The second-order valence-corrected chi connectivity index (χ2v) is 5.87. The molecule has 1 saturated heterocycles. The Morgan fingerprint density at radius 2 is 1.86 bits per heavy atom. The van der Waals surface area contributed by atoms with Gasteiger partial charge in [-0.3, -0.25) is 4.79 Å². The Bertz CT molecular complexity index is 490. The van der Waals surface area contributed by atoms with Gasteiger partial charge in [-0.1, -0.05) is 6.42 Å². The number of rotatable bonds is 6. The number of Topliss-reactive ketones (excluding diaryl/α,β-unsaturated/α-hetero) is 1. The molecule has 1 aromatic carbocycles. The minimum atomic E-state index is 0.254. The Morgan fingerprint density at radius 1 is 1.14 bits per heavy atom. The minimum absolute atomic E-state index is 0.254. The molecule has 1 aliphatic rings. The third-order valence-corrected chi connectivity index (χ3v) is 4.44. The molecule has 116 valence electrons. The van der Waals surface area contributed by atoms with Crippen LogP contribution >= 0.6 is 0 Å². The van der Waals surface area contributed by atoms with E-state index in [1.165, 1.54) is 19.3 Å². The predicted molar refractivity (Wildman–Crippen MR) is 86.3 cm³/mol. The summed E-state index contributed by atoms with van der Waals surface area (Å²) in [5.41, 5.74) is 3.00. The Balaban J connectivity index is 2.00. The zero-order valence-corrected chi connectivity index (χ0v) is 13.6. The number of carbonyl (C=O) groups is 1. The first-order valence-corrected chi connectivity index (χ1v) is 8.12. The maximum absolute atomic E-state index is 12.5. The van der Waals surface area contributed by atoms with Crippen molar-refractivity contribution in [2.45, 2.75) is 46.5 Å². The monoisotopic (exact) mass is 289 g/mol. The van der Waals surface area contributed by atoms with Gasteiger partial charge in [-0.05, 0) is 70.0 Å². The number of likely N-dealkylation sites (tertiary alicyclic amines) is 1. The Labute approximate surface area is 128 Å². The van der Waals surface area contributed by atoms with Crippen LogP contribution in [0.1, 0.15) is 54.1 Å². The van der Waals surface area contributed by atoms with E-state index in [-0.39, 0.29) is 5.78 Å². The number of ketones is 1. The molecule has 0 aliphatic carbocycles. The van der Waals surface area contributed by atoms with E-state index >= 15 is 0 Å². The first-order chi connectivity index (χ1) is 10.1. The van der Waals surface area contributed by atoms with E-state index < -0.39 is 0 Å². The van der Waals surface area contributed by atoms with Gasteiger partial charge in [0.2, 0.25) is 0 Å². The molecule has 1 heterocycles. The van der Waals surface area contributed by atoms with Crippen LogP contribution in [0, 0.1) is 13.8 Å². The van der Waals surface area contributed by atoms with Gasteiger partial charge in [-0.2, -0.15) is 0 Å². The normalized spacial score (nSPS) is 16.0. The molecule has 1 aliphatic heterocycles. The highest BCUT2D eigenvalue weighted by molar-refractivity contribution is 5.98. The minimum Gasteiger partial charge on any atom is -0.494 e. The lowest BCUT2D eigenvalue weighted by Gasteiger charge is -2.26. The molecule has 0 radical (unpaired) electrons. The number of benzene rings is 1. The third kappa shape index (κ3) is 4.07. The van der Waals surface area contributed by atoms with E-state index in [9.17, 15) is 4.79 Å². The number of nitrogens with zero attached hydrogens (tertiary/aromatic N) is 1. The molecule has 0 atom stereocenters. The van der Waals surface area contributed by atoms with Crippen molar-refractivity contribution < 1.29 is 9.53 Å². The third-order valence-electron chi connectivity index (χ3n) is 4.44. The van der Waals surface area contributed by atoms with Gasteiger partial charge in [0.05, 0.1) is 6.61 Å². The second kappa shape index (κ2) is 7.60. The number of piperidine rings is 1. The lowest BCUT2D eigenvalue weighted by Crippen LogP contribution is -2.31. The van der Waals surface area contributed by atoms with Crippen molar-refractivity contribution in [2.24, 2.45) is 0 Å². The van der Waals surface area contributed by atoms with Crippen molar-refractivity contribution >= 4 is 5.78 Å². The molecule has 21 heavy (non-hydrogen) atoms. The van der Waals surface area contributed by atoms with E-state index in [4.69, 9.17) is 4.74 Å². The number of ether oxygens (including phenoxy) is 1. The maximum atomic E-state index is 12.5. The van der Waals surface area contributed by atoms with Crippen molar-refractivity contribution in [2.75, 3.05) is 26.2 Å². The molecule has 3 heteroatoms. The molecule has 0 aromatic heterocycles. The number of hydrogen-bond acceptors (Lipinski definition) is 3. The van der Waals surface area contributed by atoms with Gasteiger partial charge in [0.1, 0.15) is 5.75 Å². The number of hydrogen-bond donors (Lipinski definition) is 0. The molecule has 0 bridgehead atoms. The fourth-order valence-electron chi connectivity index (χ4n) is 2.99. The fraction of sp³-hybridized carbons (Fsp3) is 0.611. The summed E-state index contributed by atoms with van der Waals surface area (Å²) in [6, 6.07) is 3.85. The van der Waals surface area contributed by atoms with Gasteiger partial charge in [0.25, 0.3) is 0 Å². The summed E-state index contributed by atoms with van der Waals surface area (Å²) in [7, 11) is 0. The topological polar surface area (TPSA) is 29.5 Å². The fourth-order valence-corrected chi connectivity index (χ4v) is 2.99. The zero-order chi connectivity index (χ0) is 15.2. The van der Waals surface area contributed by atoms with Gasteiger partial charge in [0, 0.05) is 18.5 Å². The first kappa shape index (κ1) is 16.0. The molecular weight excluding hydrogens is 262 g/mol. The van der Waals surface area contributed by atoms with E-state index in [0.29, 0.717) is 13.0 Å². The lowest BCUT2D eigenvalue weighted by atomic mass is 9.97. The summed E-state index contributed by atoms with van der Waals surface area (Å²) in [4.78, 5) is 14.9. The smallest absolute Gasteiger partial charge is 0.164 e. The second-order valence-electron chi connectivity index (χ2n) is 5.87. The SMILES string of the molecule is CCOc1ccc(C(=O)CCN2CCCCC2)c(C)c1C. The molecule has 2 rings (SSSR count).